The molecule has 8 heteroatoms. The Morgan fingerprint density at radius 1 is 0.741 bits per heavy atom. The van der Waals surface area contributed by atoms with Crippen molar-refractivity contribution in [2.75, 3.05) is 0 Å². The van der Waals surface area contributed by atoms with Crippen LogP contribution < -0.4 is 0 Å². The predicted octanol–water partition coefficient (Wildman–Crippen LogP) is 2.67. The monoisotopic (exact) mass is 364 g/mol. The molecule has 2 aliphatic rings. The van der Waals surface area contributed by atoms with Gasteiger partial charge in [0.1, 0.15) is 0 Å². The topological polar surface area (TPSA) is 118 Å². The maximum Gasteiger partial charge on any atom is 0.237 e. The van der Waals surface area contributed by atoms with Crippen LogP contribution in [0.25, 0.3) is 0 Å². The van der Waals surface area contributed by atoms with Crippen LogP contribution in [0.3, 0.4) is 0 Å². The van der Waals surface area contributed by atoms with Gasteiger partial charge in [0.2, 0.25) is 24.3 Å². The summed E-state index contributed by atoms with van der Waals surface area (Å²) in [5.41, 5.74) is -0.172. The standard InChI is InChI=1S/C19H16N4O4/c1-14-3-5-18(20-10-24,21-11-25)16(7-14)9-17-8-15(2)4-6-19(17,22-12-26)23-13-27/h3-4,7-8H,5-6,9H2,1-2H3. The Labute approximate surface area is 155 Å². The van der Waals surface area contributed by atoms with Gasteiger partial charge >= 0.3 is 0 Å². The highest BCUT2D eigenvalue weighted by Gasteiger charge is 2.41. The molecule has 0 aliphatic heterocycles. The van der Waals surface area contributed by atoms with Crippen molar-refractivity contribution in [2.24, 2.45) is 20.0 Å². The average Bonchev–Trinajstić information content (AvgIpc) is 2.62. The van der Waals surface area contributed by atoms with E-state index in [1.54, 1.807) is 24.3 Å². The van der Waals surface area contributed by atoms with Crippen molar-refractivity contribution in [3.05, 3.63) is 46.6 Å². The van der Waals surface area contributed by atoms with Crippen LogP contribution in [0.15, 0.2) is 66.6 Å². The lowest BCUT2D eigenvalue weighted by molar-refractivity contribution is 0.460. The first kappa shape index (κ1) is 19.8. The number of hydrogen-bond acceptors (Lipinski definition) is 8. The van der Waals surface area contributed by atoms with E-state index in [1.165, 1.54) is 24.3 Å². The van der Waals surface area contributed by atoms with E-state index in [0.717, 1.165) is 11.1 Å². The Bertz CT molecular complexity index is 846. The maximum atomic E-state index is 11.0. The van der Waals surface area contributed by atoms with Gasteiger partial charge in [0.15, 0.2) is 11.3 Å². The Hall–Kier alpha value is -3.52. The smallest absolute Gasteiger partial charge is 0.211 e. The van der Waals surface area contributed by atoms with Crippen LogP contribution in [0.2, 0.25) is 0 Å². The molecule has 0 saturated heterocycles. The van der Waals surface area contributed by atoms with Gasteiger partial charge in [-0.3, -0.25) is 0 Å². The fourth-order valence-corrected chi connectivity index (χ4v) is 3.18. The molecule has 0 aromatic carbocycles. The van der Waals surface area contributed by atoms with Crippen molar-refractivity contribution in [2.45, 2.75) is 44.4 Å². The van der Waals surface area contributed by atoms with E-state index in [9.17, 15) is 19.2 Å². The third-order valence-electron chi connectivity index (χ3n) is 4.55. The molecule has 27 heavy (non-hydrogen) atoms. The van der Waals surface area contributed by atoms with Crippen molar-refractivity contribution in [3.63, 3.8) is 0 Å². The molecule has 0 fully saturated rings. The molecule has 0 amide bonds. The zero-order valence-electron chi connectivity index (χ0n) is 14.9. The lowest BCUT2D eigenvalue weighted by atomic mass is 9.79. The molecule has 2 rings (SSSR count). The van der Waals surface area contributed by atoms with E-state index in [2.05, 4.69) is 20.0 Å². The van der Waals surface area contributed by atoms with Crippen LogP contribution in [0, 0.1) is 0 Å². The molecule has 0 aromatic rings. The molecular weight excluding hydrogens is 348 g/mol. The van der Waals surface area contributed by atoms with E-state index in [1.807, 2.05) is 13.8 Å². The highest BCUT2D eigenvalue weighted by Crippen LogP contribution is 2.42. The fraction of sp³-hybridized carbons (Fsp3) is 0.368. The van der Waals surface area contributed by atoms with Crippen LogP contribution in [-0.2, 0) is 19.2 Å². The average molecular weight is 364 g/mol. The Morgan fingerprint density at radius 2 is 1.07 bits per heavy atom. The van der Waals surface area contributed by atoms with E-state index in [4.69, 9.17) is 0 Å². The molecule has 136 valence electrons. The summed E-state index contributed by atoms with van der Waals surface area (Å²) in [5.74, 6) is 0. The first-order valence-corrected chi connectivity index (χ1v) is 8.07. The maximum absolute atomic E-state index is 11.0. The third-order valence-corrected chi connectivity index (χ3v) is 4.55. The lowest BCUT2D eigenvalue weighted by Gasteiger charge is -2.33. The molecule has 8 nitrogen and oxygen atoms in total. The zero-order chi connectivity index (χ0) is 19.9. The number of rotatable bonds is 6. The first-order valence-electron chi connectivity index (χ1n) is 8.07. The molecule has 0 aromatic heterocycles. The second-order valence-corrected chi connectivity index (χ2v) is 6.27. The van der Waals surface area contributed by atoms with Crippen LogP contribution in [0.5, 0.6) is 0 Å². The normalized spacial score (nSPS) is 26.4. The Morgan fingerprint density at radius 3 is 1.37 bits per heavy atom. The van der Waals surface area contributed by atoms with Gasteiger partial charge in [-0.25, -0.2) is 19.2 Å². The SMILES string of the molecule is CC1=CCC(N=C=O)(N=C=O)C(CC2=CC(C)=CCC2(N=C=O)N=C=O)=C1. The fourth-order valence-electron chi connectivity index (χ4n) is 3.18. The van der Waals surface area contributed by atoms with Gasteiger partial charge in [0, 0.05) is 12.8 Å². The minimum absolute atomic E-state index is 0.114. The van der Waals surface area contributed by atoms with Gasteiger partial charge < -0.3 is 0 Å². The molecule has 0 N–H and O–H groups in total. The number of allylic oxidation sites excluding steroid dienone is 4. The summed E-state index contributed by atoms with van der Waals surface area (Å²) in [6.45, 7) is 3.69. The van der Waals surface area contributed by atoms with Crippen LogP contribution in [0.1, 0.15) is 33.1 Å². The summed E-state index contributed by atoms with van der Waals surface area (Å²) >= 11 is 0. The quantitative estimate of drug-likeness (QED) is 0.532. The number of aliphatic imine (C=N–C) groups is 4. The molecule has 2 aliphatic carbocycles. The summed E-state index contributed by atoms with van der Waals surface area (Å²) < 4.78 is 0. The van der Waals surface area contributed by atoms with E-state index >= 15 is 0 Å². The summed E-state index contributed by atoms with van der Waals surface area (Å²) in [5, 5.41) is 0. The Balaban J connectivity index is 2.63. The zero-order valence-corrected chi connectivity index (χ0v) is 14.9. The highest BCUT2D eigenvalue weighted by atomic mass is 16.1. The van der Waals surface area contributed by atoms with Crippen LogP contribution >= 0.6 is 0 Å². The number of carbonyl (C=O) groups excluding carboxylic acids is 4. The van der Waals surface area contributed by atoms with Crippen molar-refractivity contribution < 1.29 is 19.2 Å². The first-order chi connectivity index (χ1) is 12.9. The minimum atomic E-state index is -1.47. The van der Waals surface area contributed by atoms with Gasteiger partial charge in [-0.15, -0.1) is 0 Å². The largest absolute Gasteiger partial charge is 0.237 e. The molecule has 0 saturated carbocycles. The molecule has 0 unspecified atom stereocenters. The molecular formula is C19H16N4O4. The second kappa shape index (κ2) is 8.24. The van der Waals surface area contributed by atoms with E-state index in [0.29, 0.717) is 11.1 Å². The summed E-state index contributed by atoms with van der Waals surface area (Å²) in [6, 6.07) is 0. The number of nitrogens with zero attached hydrogens (tertiary/aromatic N) is 4. The van der Waals surface area contributed by atoms with Gasteiger partial charge in [0.25, 0.3) is 0 Å². The van der Waals surface area contributed by atoms with Crippen molar-refractivity contribution >= 4 is 24.3 Å². The number of hydrogen-bond donors (Lipinski definition) is 0. The third kappa shape index (κ3) is 4.01. The lowest BCUT2D eigenvalue weighted by Crippen LogP contribution is -2.33. The molecule has 0 spiro atoms. The molecule has 0 bridgehead atoms. The van der Waals surface area contributed by atoms with Crippen molar-refractivity contribution in [3.8, 4) is 0 Å². The summed E-state index contributed by atoms with van der Waals surface area (Å²) in [6.07, 6.45) is 13.3. The van der Waals surface area contributed by atoms with Gasteiger partial charge in [-0.1, -0.05) is 35.5 Å². The van der Waals surface area contributed by atoms with Crippen LogP contribution in [0.4, 0.5) is 0 Å². The molecule has 0 atom stereocenters. The van der Waals surface area contributed by atoms with E-state index in [-0.39, 0.29) is 19.3 Å². The van der Waals surface area contributed by atoms with Gasteiger partial charge in [-0.2, -0.15) is 20.0 Å². The Kier molecular flexibility index (Phi) is 6.04. The number of isocyanates is 4. The van der Waals surface area contributed by atoms with Gasteiger partial charge in [-0.05, 0) is 31.4 Å². The molecule has 0 radical (unpaired) electrons. The van der Waals surface area contributed by atoms with Crippen molar-refractivity contribution in [1.29, 1.82) is 0 Å². The van der Waals surface area contributed by atoms with Crippen LogP contribution in [-0.4, -0.2) is 35.6 Å². The highest BCUT2D eigenvalue weighted by molar-refractivity contribution is 5.52. The summed E-state index contributed by atoms with van der Waals surface area (Å²) in [7, 11) is 0. The van der Waals surface area contributed by atoms with Gasteiger partial charge in [0.05, 0.1) is 0 Å². The summed E-state index contributed by atoms with van der Waals surface area (Å²) in [4.78, 5) is 58.8. The minimum Gasteiger partial charge on any atom is -0.211 e. The van der Waals surface area contributed by atoms with E-state index < -0.39 is 11.3 Å². The second-order valence-electron chi connectivity index (χ2n) is 6.27. The molecule has 0 heterocycles. The van der Waals surface area contributed by atoms with Crippen molar-refractivity contribution in [1.82, 2.24) is 0 Å². The predicted molar refractivity (Wildman–Crippen MR) is 95.5 cm³/mol.